The van der Waals surface area contributed by atoms with Crippen LogP contribution < -0.4 is 10.7 Å². The summed E-state index contributed by atoms with van der Waals surface area (Å²) in [5.74, 6) is -1.13. The van der Waals surface area contributed by atoms with Crippen LogP contribution in [0.2, 0.25) is 10.0 Å². The highest BCUT2D eigenvalue weighted by molar-refractivity contribution is 7.21. The predicted octanol–water partition coefficient (Wildman–Crippen LogP) is 6.36. The molecule has 4 aromatic rings. The van der Waals surface area contributed by atoms with Gasteiger partial charge < -0.3 is 5.32 Å². The third-order valence-electron chi connectivity index (χ3n) is 4.45. The number of nitrogens with zero attached hydrogens (tertiary/aromatic N) is 1. The molecule has 0 atom stereocenters. The molecule has 4 rings (SSSR count). The maximum Gasteiger partial charge on any atom is 0.271 e. The molecule has 1 heterocycles. The highest BCUT2D eigenvalue weighted by Gasteiger charge is 2.17. The Bertz CT molecular complexity index is 1340. The first kappa shape index (κ1) is 22.0. The molecule has 0 bridgehead atoms. The zero-order valence-electron chi connectivity index (χ0n) is 16.2. The average molecular weight is 486 g/mol. The van der Waals surface area contributed by atoms with Gasteiger partial charge in [-0.05, 0) is 54.1 Å². The van der Waals surface area contributed by atoms with E-state index in [1.807, 2.05) is 0 Å². The first-order valence-corrected chi connectivity index (χ1v) is 10.9. The zero-order chi connectivity index (χ0) is 22.7. The molecule has 2 amide bonds. The van der Waals surface area contributed by atoms with Crippen LogP contribution in [-0.4, -0.2) is 18.0 Å². The number of anilines is 1. The maximum atomic E-state index is 12.9. The van der Waals surface area contributed by atoms with E-state index in [1.54, 1.807) is 54.6 Å². The molecule has 0 saturated heterocycles. The second-order valence-electron chi connectivity index (χ2n) is 6.67. The highest BCUT2D eigenvalue weighted by Crippen LogP contribution is 2.37. The minimum absolute atomic E-state index is 0.350. The molecular formula is C23H14Cl2FN3O2S. The average Bonchev–Trinajstić information content (AvgIpc) is 3.11. The number of thiophene rings is 1. The quantitative estimate of drug-likeness (QED) is 0.255. The lowest BCUT2D eigenvalue weighted by Gasteiger charge is -2.05. The van der Waals surface area contributed by atoms with Gasteiger partial charge >= 0.3 is 0 Å². The van der Waals surface area contributed by atoms with Crippen LogP contribution in [0.1, 0.15) is 25.6 Å². The van der Waals surface area contributed by atoms with Crippen LogP contribution in [0.5, 0.6) is 0 Å². The van der Waals surface area contributed by atoms with Gasteiger partial charge in [0, 0.05) is 26.4 Å². The second kappa shape index (κ2) is 9.48. The summed E-state index contributed by atoms with van der Waals surface area (Å²) >= 11 is 13.6. The Morgan fingerprint density at radius 2 is 1.66 bits per heavy atom. The summed E-state index contributed by atoms with van der Waals surface area (Å²) in [7, 11) is 0. The van der Waals surface area contributed by atoms with Crippen molar-refractivity contribution in [2.75, 3.05) is 5.32 Å². The molecule has 9 heteroatoms. The molecule has 0 unspecified atom stereocenters. The normalized spacial score (nSPS) is 11.1. The van der Waals surface area contributed by atoms with Crippen LogP contribution in [-0.2, 0) is 0 Å². The van der Waals surface area contributed by atoms with Crippen LogP contribution in [0.4, 0.5) is 10.1 Å². The van der Waals surface area contributed by atoms with Gasteiger partial charge in [0.05, 0.1) is 11.2 Å². The lowest BCUT2D eigenvalue weighted by atomic mass is 10.2. The largest absolute Gasteiger partial charge is 0.321 e. The molecule has 160 valence electrons. The number of nitrogens with one attached hydrogen (secondary N) is 2. The van der Waals surface area contributed by atoms with Crippen molar-refractivity contribution < 1.29 is 14.0 Å². The summed E-state index contributed by atoms with van der Waals surface area (Å²) in [5, 5.41) is 8.33. The molecular weight excluding hydrogens is 472 g/mol. The highest BCUT2D eigenvalue weighted by atomic mass is 35.5. The zero-order valence-corrected chi connectivity index (χ0v) is 18.6. The van der Waals surface area contributed by atoms with E-state index in [0.717, 1.165) is 10.1 Å². The number of halogens is 3. The first-order valence-electron chi connectivity index (χ1n) is 9.28. The Morgan fingerprint density at radius 1 is 0.938 bits per heavy atom. The second-order valence-corrected chi connectivity index (χ2v) is 8.53. The number of hydrogen-bond donors (Lipinski definition) is 2. The molecule has 0 spiro atoms. The molecule has 32 heavy (non-hydrogen) atoms. The summed E-state index contributed by atoms with van der Waals surface area (Å²) < 4.78 is 13.7. The Kier molecular flexibility index (Phi) is 6.50. The van der Waals surface area contributed by atoms with Crippen molar-refractivity contribution in [3.05, 3.63) is 98.6 Å². The lowest BCUT2D eigenvalue weighted by molar-refractivity contribution is 0.0954. The molecule has 1 aromatic heterocycles. The van der Waals surface area contributed by atoms with Crippen molar-refractivity contribution in [1.82, 2.24) is 5.43 Å². The third-order valence-corrected chi connectivity index (χ3v) is 6.34. The van der Waals surface area contributed by atoms with E-state index in [-0.39, 0.29) is 11.7 Å². The number of benzene rings is 3. The summed E-state index contributed by atoms with van der Waals surface area (Å²) in [5.41, 5.74) is 3.91. The summed E-state index contributed by atoms with van der Waals surface area (Å²) in [6, 6.07) is 17.3. The van der Waals surface area contributed by atoms with Crippen LogP contribution in [0, 0.1) is 5.82 Å². The summed E-state index contributed by atoms with van der Waals surface area (Å²) in [6.07, 6.45) is 1.41. The molecule has 0 saturated carbocycles. The molecule has 2 N–H and O–H groups in total. The molecule has 0 aliphatic rings. The van der Waals surface area contributed by atoms with Crippen LogP contribution in [0.15, 0.2) is 71.8 Å². The number of carbonyl (C=O) groups is 2. The van der Waals surface area contributed by atoms with Crippen LogP contribution in [0.25, 0.3) is 10.1 Å². The van der Waals surface area contributed by atoms with E-state index in [9.17, 15) is 14.0 Å². The van der Waals surface area contributed by atoms with Gasteiger partial charge in [-0.3, -0.25) is 9.59 Å². The van der Waals surface area contributed by atoms with E-state index in [0.29, 0.717) is 31.7 Å². The van der Waals surface area contributed by atoms with Gasteiger partial charge in [0.15, 0.2) is 0 Å². The van der Waals surface area contributed by atoms with Gasteiger partial charge in [-0.25, -0.2) is 9.82 Å². The minimum atomic E-state index is -0.425. The molecule has 0 radical (unpaired) electrons. The van der Waals surface area contributed by atoms with E-state index in [1.165, 1.54) is 29.7 Å². The first-order chi connectivity index (χ1) is 15.4. The fraction of sp³-hybridized carbons (Fsp3) is 0. The molecule has 0 aliphatic heterocycles. The topological polar surface area (TPSA) is 70.6 Å². The summed E-state index contributed by atoms with van der Waals surface area (Å²) in [4.78, 5) is 25.3. The van der Waals surface area contributed by atoms with E-state index >= 15 is 0 Å². The lowest BCUT2D eigenvalue weighted by Crippen LogP contribution is -2.17. The number of hydrazone groups is 1. The number of rotatable bonds is 5. The molecule has 0 aliphatic carbocycles. The predicted molar refractivity (Wildman–Crippen MR) is 128 cm³/mol. The Labute approximate surface area is 196 Å². The fourth-order valence-electron chi connectivity index (χ4n) is 2.86. The Morgan fingerprint density at radius 3 is 2.38 bits per heavy atom. The van der Waals surface area contributed by atoms with Crippen molar-refractivity contribution in [1.29, 1.82) is 0 Å². The smallest absolute Gasteiger partial charge is 0.271 e. The number of amides is 2. The Balaban J connectivity index is 1.40. The maximum absolute atomic E-state index is 12.9. The van der Waals surface area contributed by atoms with E-state index in [2.05, 4.69) is 15.8 Å². The monoisotopic (exact) mass is 485 g/mol. The van der Waals surface area contributed by atoms with E-state index in [4.69, 9.17) is 23.2 Å². The van der Waals surface area contributed by atoms with Crippen molar-refractivity contribution in [3.8, 4) is 0 Å². The third kappa shape index (κ3) is 4.96. The number of carbonyl (C=O) groups excluding carboxylic acids is 2. The van der Waals surface area contributed by atoms with Crippen LogP contribution in [0.3, 0.4) is 0 Å². The number of fused-ring (bicyclic) bond motifs is 1. The molecule has 0 fully saturated rings. The molecule has 5 nitrogen and oxygen atoms in total. The van der Waals surface area contributed by atoms with Gasteiger partial charge in [0.2, 0.25) is 0 Å². The van der Waals surface area contributed by atoms with Crippen molar-refractivity contribution in [2.45, 2.75) is 0 Å². The van der Waals surface area contributed by atoms with Crippen molar-refractivity contribution >= 4 is 68.3 Å². The standard InChI is InChI=1S/C23H14Cl2FN3O2S/c24-15-5-10-18-19(11-15)32-21(20(18)25)23(31)28-17-8-3-14(4-9-17)22(30)29-27-12-13-1-6-16(26)7-2-13/h1-12H,(H,28,31)(H,29,30)/b27-12-. The van der Waals surface area contributed by atoms with Gasteiger partial charge in [0.1, 0.15) is 10.7 Å². The SMILES string of the molecule is O=C(N/N=C\c1ccc(F)cc1)c1ccc(NC(=O)c2sc3cc(Cl)ccc3c2Cl)cc1. The minimum Gasteiger partial charge on any atom is -0.321 e. The van der Waals surface area contributed by atoms with Gasteiger partial charge in [-0.1, -0.05) is 41.4 Å². The van der Waals surface area contributed by atoms with Gasteiger partial charge in [0.25, 0.3) is 11.8 Å². The number of hydrogen-bond acceptors (Lipinski definition) is 4. The van der Waals surface area contributed by atoms with Crippen LogP contribution >= 0.6 is 34.5 Å². The Hall–Kier alpha value is -3.26. The fourth-order valence-corrected chi connectivity index (χ4v) is 4.54. The van der Waals surface area contributed by atoms with Gasteiger partial charge in [-0.15, -0.1) is 11.3 Å². The van der Waals surface area contributed by atoms with Gasteiger partial charge in [-0.2, -0.15) is 5.10 Å². The van der Waals surface area contributed by atoms with E-state index < -0.39 is 5.91 Å². The van der Waals surface area contributed by atoms with Crippen molar-refractivity contribution in [3.63, 3.8) is 0 Å². The summed E-state index contributed by atoms with van der Waals surface area (Å²) in [6.45, 7) is 0. The molecule has 3 aromatic carbocycles. The van der Waals surface area contributed by atoms with Crippen molar-refractivity contribution in [2.24, 2.45) is 5.10 Å².